The molecule has 0 saturated carbocycles. The Hall–Kier alpha value is -1.85. The monoisotopic (exact) mass is 391 g/mol. The fourth-order valence-corrected chi connectivity index (χ4v) is 3.26. The normalized spacial score (nSPS) is 15.7. The molecule has 26 heavy (non-hydrogen) atoms. The van der Waals surface area contributed by atoms with Crippen molar-refractivity contribution >= 4 is 23.8 Å². The molecule has 0 amide bonds. The lowest BCUT2D eigenvalue weighted by atomic mass is 10.3. The van der Waals surface area contributed by atoms with Gasteiger partial charge in [0.1, 0.15) is 12.4 Å². The number of piperazine rings is 1. The second-order valence-corrected chi connectivity index (χ2v) is 6.99. The predicted octanol–water partition coefficient (Wildman–Crippen LogP) is 2.39. The number of benzene rings is 1. The van der Waals surface area contributed by atoms with E-state index in [1.165, 1.54) is 0 Å². The van der Waals surface area contributed by atoms with E-state index in [2.05, 4.69) is 20.8 Å². The summed E-state index contributed by atoms with van der Waals surface area (Å²) in [5.74, 6) is 4.10. The van der Waals surface area contributed by atoms with E-state index < -0.39 is 0 Å². The van der Waals surface area contributed by atoms with Crippen molar-refractivity contribution in [3.8, 4) is 18.1 Å². The Kier molecular flexibility index (Phi) is 6.33. The number of nitrogens with zero attached hydrogens (tertiary/aromatic N) is 5. The average Bonchev–Trinajstić information content (AvgIpc) is 2.91. The van der Waals surface area contributed by atoms with Gasteiger partial charge in [0.05, 0.1) is 18.2 Å². The van der Waals surface area contributed by atoms with Crippen molar-refractivity contribution in [3.05, 3.63) is 39.9 Å². The van der Waals surface area contributed by atoms with Crippen molar-refractivity contribution < 1.29 is 4.74 Å². The van der Waals surface area contributed by atoms with Crippen LogP contribution in [0.2, 0.25) is 5.02 Å². The Morgan fingerprint density at radius 3 is 2.62 bits per heavy atom. The maximum absolute atomic E-state index is 6.13. The first-order valence-corrected chi connectivity index (χ1v) is 9.25. The minimum atomic E-state index is 0.312. The number of hydrogen-bond donors (Lipinski definition) is 0. The Morgan fingerprint density at radius 2 is 1.92 bits per heavy atom. The summed E-state index contributed by atoms with van der Waals surface area (Å²) in [6.07, 6.45) is 5.38. The van der Waals surface area contributed by atoms with Crippen molar-refractivity contribution in [3.63, 3.8) is 0 Å². The molecule has 0 radical (unpaired) electrons. The third-order valence-corrected chi connectivity index (χ3v) is 5.24. The van der Waals surface area contributed by atoms with E-state index >= 15 is 0 Å². The third-order valence-electron chi connectivity index (χ3n) is 4.44. The first-order chi connectivity index (χ1) is 12.6. The number of rotatable bonds is 6. The highest BCUT2D eigenvalue weighted by Crippen LogP contribution is 2.23. The van der Waals surface area contributed by atoms with Crippen molar-refractivity contribution in [1.82, 2.24) is 24.1 Å². The molecule has 1 saturated heterocycles. The maximum Gasteiger partial charge on any atom is 0.198 e. The van der Waals surface area contributed by atoms with Crippen molar-refractivity contribution in [2.45, 2.75) is 13.3 Å². The minimum Gasteiger partial charge on any atom is -0.484 e. The minimum absolute atomic E-state index is 0.312. The van der Waals surface area contributed by atoms with Gasteiger partial charge in [-0.2, -0.15) is 5.10 Å². The summed E-state index contributed by atoms with van der Waals surface area (Å²) in [7, 11) is 1.90. The van der Waals surface area contributed by atoms with Crippen LogP contribution >= 0.6 is 23.8 Å². The largest absolute Gasteiger partial charge is 0.484 e. The zero-order valence-corrected chi connectivity index (χ0v) is 16.3. The molecule has 0 bridgehead atoms. The van der Waals surface area contributed by atoms with Gasteiger partial charge in [0.25, 0.3) is 0 Å². The first-order valence-electron chi connectivity index (χ1n) is 8.46. The average molecular weight is 392 g/mol. The van der Waals surface area contributed by atoms with Gasteiger partial charge in [-0.25, -0.2) is 4.68 Å². The molecule has 2 heterocycles. The number of aromatic nitrogens is 3. The standard InChI is InChI=1S/C18H22ClN5OS/c1-3-8-22-9-11-23(12-10-22)14-24-18(26)21(2)17(20-24)13-25-16-7-5-4-6-15(16)19/h1,4-7H,8-14H2,2H3. The predicted molar refractivity (Wildman–Crippen MR) is 105 cm³/mol. The van der Waals surface area contributed by atoms with Crippen LogP contribution < -0.4 is 4.74 Å². The van der Waals surface area contributed by atoms with E-state index in [9.17, 15) is 0 Å². The van der Waals surface area contributed by atoms with E-state index in [0.717, 1.165) is 32.0 Å². The van der Waals surface area contributed by atoms with Crippen molar-refractivity contribution in [1.29, 1.82) is 0 Å². The summed E-state index contributed by atoms with van der Waals surface area (Å²) in [6, 6.07) is 7.39. The molecule has 1 aromatic heterocycles. The van der Waals surface area contributed by atoms with Crippen molar-refractivity contribution in [2.75, 3.05) is 32.7 Å². The summed E-state index contributed by atoms with van der Waals surface area (Å²) in [4.78, 5) is 4.60. The number of terminal acetylenes is 1. The van der Waals surface area contributed by atoms with Gasteiger partial charge < -0.3 is 9.30 Å². The lowest BCUT2D eigenvalue weighted by Gasteiger charge is -2.33. The topological polar surface area (TPSA) is 38.5 Å². The van der Waals surface area contributed by atoms with E-state index in [-0.39, 0.29) is 0 Å². The molecule has 138 valence electrons. The molecule has 0 unspecified atom stereocenters. The molecule has 1 aromatic carbocycles. The summed E-state index contributed by atoms with van der Waals surface area (Å²) in [5, 5.41) is 5.20. The Balaban J connectivity index is 1.62. The third kappa shape index (κ3) is 4.46. The van der Waals surface area contributed by atoms with Crippen LogP contribution in [-0.4, -0.2) is 56.9 Å². The maximum atomic E-state index is 6.13. The molecule has 6 nitrogen and oxygen atoms in total. The summed E-state index contributed by atoms with van der Waals surface area (Å²) < 4.78 is 10.2. The quantitative estimate of drug-likeness (QED) is 0.558. The van der Waals surface area contributed by atoms with E-state index in [1.807, 2.05) is 34.5 Å². The van der Waals surface area contributed by atoms with Gasteiger partial charge in [-0.05, 0) is 24.4 Å². The van der Waals surface area contributed by atoms with Gasteiger partial charge in [-0.15, -0.1) is 6.42 Å². The Morgan fingerprint density at radius 1 is 1.23 bits per heavy atom. The van der Waals surface area contributed by atoms with Crippen LogP contribution in [-0.2, 0) is 20.3 Å². The van der Waals surface area contributed by atoms with Crippen LogP contribution in [0.4, 0.5) is 0 Å². The first kappa shape index (κ1) is 18.9. The van der Waals surface area contributed by atoms with Gasteiger partial charge in [0, 0.05) is 33.2 Å². The SMILES string of the molecule is C#CCN1CCN(Cn2nc(COc3ccccc3Cl)n(C)c2=S)CC1. The highest BCUT2D eigenvalue weighted by Gasteiger charge is 2.18. The molecule has 1 aliphatic heterocycles. The summed E-state index contributed by atoms with van der Waals surface area (Å²) >= 11 is 11.7. The zero-order valence-electron chi connectivity index (χ0n) is 14.8. The molecule has 0 aliphatic carbocycles. The van der Waals surface area contributed by atoms with Crippen LogP contribution in [0, 0.1) is 17.1 Å². The molecule has 0 atom stereocenters. The van der Waals surface area contributed by atoms with E-state index in [0.29, 0.717) is 35.4 Å². The fraction of sp³-hybridized carbons (Fsp3) is 0.444. The van der Waals surface area contributed by atoms with Crippen LogP contribution in [0.15, 0.2) is 24.3 Å². The van der Waals surface area contributed by atoms with Crippen LogP contribution in [0.3, 0.4) is 0 Å². The highest BCUT2D eigenvalue weighted by molar-refractivity contribution is 7.71. The lowest BCUT2D eigenvalue weighted by molar-refractivity contribution is 0.111. The molecule has 1 fully saturated rings. The molecular weight excluding hydrogens is 370 g/mol. The zero-order chi connectivity index (χ0) is 18.5. The lowest BCUT2D eigenvalue weighted by Crippen LogP contribution is -2.46. The molecule has 3 rings (SSSR count). The Bertz CT molecular complexity index is 848. The smallest absolute Gasteiger partial charge is 0.198 e. The number of ether oxygens (including phenoxy) is 1. The van der Waals surface area contributed by atoms with Gasteiger partial charge in [-0.3, -0.25) is 9.80 Å². The molecular formula is C18H22ClN5OS. The number of halogens is 1. The van der Waals surface area contributed by atoms with Crippen LogP contribution in [0.5, 0.6) is 5.75 Å². The molecule has 8 heteroatoms. The number of hydrogen-bond acceptors (Lipinski definition) is 5. The van der Waals surface area contributed by atoms with Gasteiger partial charge >= 0.3 is 0 Å². The molecule has 0 N–H and O–H groups in total. The fourth-order valence-electron chi connectivity index (χ4n) is 2.86. The number of para-hydroxylation sites is 1. The van der Waals surface area contributed by atoms with Gasteiger partial charge in [-0.1, -0.05) is 29.7 Å². The van der Waals surface area contributed by atoms with Crippen LogP contribution in [0.25, 0.3) is 0 Å². The van der Waals surface area contributed by atoms with Gasteiger partial charge in [0.2, 0.25) is 0 Å². The molecule has 0 spiro atoms. The summed E-state index contributed by atoms with van der Waals surface area (Å²) in [5.41, 5.74) is 0. The van der Waals surface area contributed by atoms with Crippen molar-refractivity contribution in [2.24, 2.45) is 7.05 Å². The summed E-state index contributed by atoms with van der Waals surface area (Å²) in [6.45, 7) is 5.52. The second kappa shape index (κ2) is 8.69. The molecule has 1 aliphatic rings. The van der Waals surface area contributed by atoms with Crippen LogP contribution in [0.1, 0.15) is 5.82 Å². The second-order valence-electron chi connectivity index (χ2n) is 6.22. The van der Waals surface area contributed by atoms with Gasteiger partial charge in [0.15, 0.2) is 10.6 Å². The van der Waals surface area contributed by atoms with E-state index in [4.69, 9.17) is 35.0 Å². The van der Waals surface area contributed by atoms with E-state index in [1.54, 1.807) is 6.07 Å². The highest BCUT2D eigenvalue weighted by atomic mass is 35.5. The molecule has 2 aromatic rings. The Labute approximate surface area is 163 Å².